The van der Waals surface area contributed by atoms with Crippen molar-refractivity contribution < 1.29 is 0 Å². The third-order valence-electron chi connectivity index (χ3n) is 4.45. The third kappa shape index (κ3) is 3.13. The number of nitrogens with zero attached hydrogens (tertiary/aromatic N) is 4. The Kier molecular flexibility index (Phi) is 4.08. The van der Waals surface area contributed by atoms with Gasteiger partial charge in [-0.2, -0.15) is 4.98 Å². The predicted octanol–water partition coefficient (Wildman–Crippen LogP) is 3.77. The van der Waals surface area contributed by atoms with Crippen molar-refractivity contribution in [3.8, 4) is 0 Å². The molecular weight excluding hydrogens is 324 g/mol. The van der Waals surface area contributed by atoms with E-state index in [2.05, 4.69) is 42.7 Å². The molecule has 0 radical (unpaired) electrons. The molecule has 3 heterocycles. The van der Waals surface area contributed by atoms with E-state index in [1.54, 1.807) is 0 Å². The number of aryl methyl sites for hydroxylation is 2. The highest BCUT2D eigenvalue weighted by atomic mass is 15.1. The zero-order valence-electron chi connectivity index (χ0n) is 15.0. The highest BCUT2D eigenvalue weighted by molar-refractivity contribution is 5.89. The fourth-order valence-corrected chi connectivity index (χ4v) is 3.15. The Morgan fingerprint density at radius 3 is 2.77 bits per heavy atom. The molecular formula is C20H20N6. The van der Waals surface area contributed by atoms with Gasteiger partial charge in [-0.25, -0.2) is 4.98 Å². The monoisotopic (exact) mass is 344 g/mol. The first kappa shape index (κ1) is 16.2. The smallest absolute Gasteiger partial charge is 0.229 e. The Balaban J connectivity index is 1.65. The Bertz CT molecular complexity index is 1010. The lowest BCUT2D eigenvalue weighted by atomic mass is 10.0. The van der Waals surface area contributed by atoms with Crippen molar-refractivity contribution in [2.75, 3.05) is 17.7 Å². The van der Waals surface area contributed by atoms with Gasteiger partial charge in [0, 0.05) is 48.9 Å². The second-order valence-corrected chi connectivity index (χ2v) is 6.37. The summed E-state index contributed by atoms with van der Waals surface area (Å²) in [5.74, 6) is 1.33. The van der Waals surface area contributed by atoms with E-state index >= 15 is 0 Å². The largest absolute Gasteiger partial charge is 0.373 e. The second kappa shape index (κ2) is 6.55. The molecule has 0 aliphatic heterocycles. The van der Waals surface area contributed by atoms with Gasteiger partial charge in [0.2, 0.25) is 5.95 Å². The number of aromatic nitrogens is 4. The molecule has 1 aliphatic rings. The minimum Gasteiger partial charge on any atom is -0.373 e. The molecule has 0 bridgehead atoms. The van der Waals surface area contributed by atoms with Gasteiger partial charge in [-0.15, -0.1) is 0 Å². The van der Waals surface area contributed by atoms with Crippen LogP contribution >= 0.6 is 0 Å². The van der Waals surface area contributed by atoms with Crippen molar-refractivity contribution in [2.45, 2.75) is 20.3 Å². The third-order valence-corrected chi connectivity index (χ3v) is 4.45. The topological polar surface area (TPSA) is 75.6 Å². The maximum atomic E-state index is 4.56. The van der Waals surface area contributed by atoms with E-state index in [0.29, 0.717) is 5.95 Å². The minimum atomic E-state index is 0.554. The van der Waals surface area contributed by atoms with E-state index in [4.69, 9.17) is 0 Å². The lowest BCUT2D eigenvalue weighted by molar-refractivity contribution is 1.09. The summed E-state index contributed by atoms with van der Waals surface area (Å²) in [4.78, 5) is 17.7. The summed E-state index contributed by atoms with van der Waals surface area (Å²) in [7, 11) is 1.84. The van der Waals surface area contributed by atoms with Crippen LogP contribution in [0.2, 0.25) is 0 Å². The van der Waals surface area contributed by atoms with Crippen LogP contribution < -0.4 is 10.6 Å². The van der Waals surface area contributed by atoms with Crippen LogP contribution in [0.4, 0.5) is 17.5 Å². The molecule has 0 unspecified atom stereocenters. The van der Waals surface area contributed by atoms with Crippen LogP contribution in [-0.2, 0) is 6.42 Å². The fourth-order valence-electron chi connectivity index (χ4n) is 3.15. The molecule has 3 aromatic heterocycles. The van der Waals surface area contributed by atoms with Gasteiger partial charge in [0.1, 0.15) is 5.82 Å². The molecule has 6 heteroatoms. The van der Waals surface area contributed by atoms with Crippen molar-refractivity contribution in [3.63, 3.8) is 0 Å². The second-order valence-electron chi connectivity index (χ2n) is 6.37. The van der Waals surface area contributed by atoms with Gasteiger partial charge in [0.25, 0.3) is 0 Å². The number of anilines is 3. The number of hydrogen-bond acceptors (Lipinski definition) is 6. The zero-order valence-corrected chi connectivity index (χ0v) is 15.0. The molecule has 1 aliphatic carbocycles. The van der Waals surface area contributed by atoms with Gasteiger partial charge in [0.05, 0.1) is 11.9 Å². The molecule has 6 nitrogen and oxygen atoms in total. The van der Waals surface area contributed by atoms with Crippen LogP contribution in [0.3, 0.4) is 0 Å². The van der Waals surface area contributed by atoms with Crippen molar-refractivity contribution in [2.24, 2.45) is 0 Å². The average Bonchev–Trinajstić information content (AvgIpc) is 3.06. The van der Waals surface area contributed by atoms with Gasteiger partial charge in [0.15, 0.2) is 0 Å². The molecule has 130 valence electrons. The van der Waals surface area contributed by atoms with E-state index in [1.807, 2.05) is 51.6 Å². The highest BCUT2D eigenvalue weighted by Gasteiger charge is 2.16. The molecule has 0 saturated carbocycles. The number of allylic oxidation sites excluding steroid dienone is 1. The molecule has 0 amide bonds. The minimum absolute atomic E-state index is 0.554. The number of hydrogen-bond donors (Lipinski definition) is 2. The first-order valence-corrected chi connectivity index (χ1v) is 8.53. The summed E-state index contributed by atoms with van der Waals surface area (Å²) in [6.07, 6.45) is 8.67. The number of fused-ring (bicyclic) bond motifs is 1. The summed E-state index contributed by atoms with van der Waals surface area (Å²) in [5.41, 5.74) is 7.63. The lowest BCUT2D eigenvalue weighted by Gasteiger charge is -2.11. The first-order chi connectivity index (χ1) is 12.6. The van der Waals surface area contributed by atoms with Crippen molar-refractivity contribution in [1.29, 1.82) is 0 Å². The zero-order chi connectivity index (χ0) is 18.1. The van der Waals surface area contributed by atoms with Crippen LogP contribution in [0.5, 0.6) is 0 Å². The van der Waals surface area contributed by atoms with Crippen LogP contribution in [-0.4, -0.2) is 27.0 Å². The number of pyridine rings is 2. The average molecular weight is 344 g/mol. The van der Waals surface area contributed by atoms with E-state index in [9.17, 15) is 0 Å². The lowest BCUT2D eigenvalue weighted by Crippen LogP contribution is -2.03. The Morgan fingerprint density at radius 1 is 1.08 bits per heavy atom. The molecule has 4 rings (SSSR count). The van der Waals surface area contributed by atoms with Gasteiger partial charge in [-0.3, -0.25) is 9.97 Å². The maximum Gasteiger partial charge on any atom is 0.229 e. The van der Waals surface area contributed by atoms with E-state index < -0.39 is 0 Å². The molecule has 0 atom stereocenters. The first-order valence-electron chi connectivity index (χ1n) is 8.53. The standard InChI is InChI=1S/C20H20N6/c1-12-6-19(21-3)26-20(24-12)25-17-9-18(13(2)23-11-17)15-7-14-4-5-22-10-16(14)8-15/h4-7,9-11H,8H2,1-3H3,(H2,21,24,25,26). The summed E-state index contributed by atoms with van der Waals surface area (Å²) in [5, 5.41) is 6.31. The summed E-state index contributed by atoms with van der Waals surface area (Å²) in [6, 6.07) is 6.06. The number of nitrogens with one attached hydrogen (secondary N) is 2. The Labute approximate surface area is 152 Å². The molecule has 0 saturated heterocycles. The van der Waals surface area contributed by atoms with Crippen molar-refractivity contribution in [3.05, 3.63) is 64.9 Å². The fraction of sp³-hybridized carbons (Fsp3) is 0.200. The van der Waals surface area contributed by atoms with Crippen LogP contribution in [0.25, 0.3) is 11.6 Å². The normalized spacial score (nSPS) is 12.5. The summed E-state index contributed by atoms with van der Waals surface area (Å²) >= 11 is 0. The molecule has 3 aromatic rings. The van der Waals surface area contributed by atoms with Crippen molar-refractivity contribution >= 4 is 29.1 Å². The van der Waals surface area contributed by atoms with Crippen LogP contribution in [0, 0.1) is 13.8 Å². The van der Waals surface area contributed by atoms with E-state index in [-0.39, 0.29) is 0 Å². The van der Waals surface area contributed by atoms with Crippen molar-refractivity contribution in [1.82, 2.24) is 19.9 Å². The van der Waals surface area contributed by atoms with Crippen LogP contribution in [0.15, 0.2) is 36.8 Å². The maximum absolute atomic E-state index is 4.56. The highest BCUT2D eigenvalue weighted by Crippen LogP contribution is 2.33. The summed E-state index contributed by atoms with van der Waals surface area (Å²) in [6.45, 7) is 3.98. The molecule has 0 aromatic carbocycles. The van der Waals surface area contributed by atoms with E-state index in [1.165, 1.54) is 16.7 Å². The van der Waals surface area contributed by atoms with Crippen LogP contribution in [0.1, 0.15) is 28.1 Å². The summed E-state index contributed by atoms with van der Waals surface area (Å²) < 4.78 is 0. The van der Waals surface area contributed by atoms with Gasteiger partial charge < -0.3 is 10.6 Å². The molecule has 0 fully saturated rings. The number of rotatable bonds is 4. The Morgan fingerprint density at radius 2 is 1.96 bits per heavy atom. The van der Waals surface area contributed by atoms with Gasteiger partial charge in [-0.1, -0.05) is 6.08 Å². The molecule has 2 N–H and O–H groups in total. The van der Waals surface area contributed by atoms with Gasteiger partial charge >= 0.3 is 0 Å². The predicted molar refractivity (Wildman–Crippen MR) is 104 cm³/mol. The van der Waals surface area contributed by atoms with Gasteiger partial charge in [-0.05, 0) is 42.7 Å². The SMILES string of the molecule is CNc1cc(C)nc(Nc2cnc(C)c(C3=Cc4ccncc4C3)c2)n1. The quantitative estimate of drug-likeness (QED) is 0.750. The Hall–Kier alpha value is -3.28. The van der Waals surface area contributed by atoms with E-state index in [0.717, 1.165) is 34.9 Å². The molecule has 26 heavy (non-hydrogen) atoms. The molecule has 0 spiro atoms.